The second-order valence-corrected chi connectivity index (χ2v) is 12.2. The van der Waals surface area contributed by atoms with Gasteiger partial charge >= 0.3 is 5.97 Å². The zero-order chi connectivity index (χ0) is 30.7. The van der Waals surface area contributed by atoms with Gasteiger partial charge in [0.1, 0.15) is 24.2 Å². The van der Waals surface area contributed by atoms with Crippen LogP contribution in [0.25, 0.3) is 17.0 Å². The molecule has 3 aliphatic rings. The predicted molar refractivity (Wildman–Crippen MR) is 162 cm³/mol. The summed E-state index contributed by atoms with van der Waals surface area (Å²) in [5, 5.41) is 11.5. The van der Waals surface area contributed by atoms with Crippen LogP contribution >= 0.6 is 0 Å². The average Bonchev–Trinajstić information content (AvgIpc) is 3.01. The summed E-state index contributed by atoms with van der Waals surface area (Å²) in [4.78, 5) is 58.6. The van der Waals surface area contributed by atoms with Crippen molar-refractivity contribution in [3.63, 3.8) is 0 Å². The van der Waals surface area contributed by atoms with Gasteiger partial charge < -0.3 is 20.7 Å². The van der Waals surface area contributed by atoms with Crippen molar-refractivity contribution < 1.29 is 23.9 Å². The first-order valence-corrected chi connectivity index (χ1v) is 15.3. The second kappa shape index (κ2) is 12.8. The lowest BCUT2D eigenvalue weighted by molar-refractivity contribution is -0.157. The summed E-state index contributed by atoms with van der Waals surface area (Å²) in [5.41, 5.74) is 4.43. The third-order valence-electron chi connectivity index (χ3n) is 8.69. The number of piperidine rings is 1. The number of carbonyl (C=O) groups excluding carboxylic acids is 4. The number of pyridine rings is 1. The van der Waals surface area contributed by atoms with E-state index in [0.717, 1.165) is 16.5 Å². The van der Waals surface area contributed by atoms with Crippen molar-refractivity contribution in [1.29, 1.82) is 0 Å². The topological polar surface area (TPSA) is 142 Å². The Hall–Kier alpha value is -3.83. The number of rotatable bonds is 1. The van der Waals surface area contributed by atoms with E-state index in [-0.39, 0.29) is 17.7 Å². The van der Waals surface area contributed by atoms with Crippen LogP contribution in [0.1, 0.15) is 70.7 Å². The molecule has 11 heteroatoms. The van der Waals surface area contributed by atoms with Gasteiger partial charge in [-0.3, -0.25) is 24.2 Å². The van der Waals surface area contributed by atoms with Gasteiger partial charge in [0.25, 0.3) is 5.91 Å². The first-order valence-electron chi connectivity index (χ1n) is 15.3. The van der Waals surface area contributed by atoms with E-state index in [1.807, 2.05) is 56.3 Å². The highest BCUT2D eigenvalue weighted by Gasteiger charge is 2.40. The molecule has 1 spiro atoms. The van der Waals surface area contributed by atoms with Gasteiger partial charge in [-0.1, -0.05) is 44.2 Å². The van der Waals surface area contributed by atoms with Crippen LogP contribution in [0.3, 0.4) is 0 Å². The summed E-state index contributed by atoms with van der Waals surface area (Å²) >= 11 is 0. The summed E-state index contributed by atoms with van der Waals surface area (Å²) in [6, 6.07) is 7.28. The molecule has 3 amide bonds. The summed E-state index contributed by atoms with van der Waals surface area (Å²) in [5.74, 6) is -1.70. The first kappa shape index (κ1) is 30.6. The Morgan fingerprint density at radius 1 is 1.02 bits per heavy atom. The molecule has 4 heterocycles. The quantitative estimate of drug-likeness (QED) is 0.371. The Bertz CT molecular complexity index is 1420. The smallest absolute Gasteiger partial charge is 0.325 e. The normalized spacial score (nSPS) is 27.2. The number of cyclic esters (lactones) is 1. The predicted octanol–water partition coefficient (Wildman–Crippen LogP) is 2.38. The van der Waals surface area contributed by atoms with Gasteiger partial charge in [-0.15, -0.1) is 0 Å². The highest BCUT2D eigenvalue weighted by molar-refractivity contribution is 5.94. The minimum Gasteiger partial charge on any atom is -0.455 e. The minimum atomic E-state index is -0.879. The summed E-state index contributed by atoms with van der Waals surface area (Å²) in [6.45, 7) is 8.84. The van der Waals surface area contributed by atoms with Crippen molar-refractivity contribution in [2.24, 2.45) is 11.3 Å². The molecule has 2 fully saturated rings. The van der Waals surface area contributed by atoms with E-state index in [4.69, 9.17) is 9.72 Å². The molecule has 43 heavy (non-hydrogen) atoms. The molecule has 0 aliphatic carbocycles. The van der Waals surface area contributed by atoms with Gasteiger partial charge in [0.15, 0.2) is 0 Å². The molecule has 1 aromatic heterocycles. The van der Waals surface area contributed by atoms with Crippen molar-refractivity contribution in [2.75, 3.05) is 19.6 Å². The van der Waals surface area contributed by atoms with E-state index in [9.17, 15) is 19.2 Å². The maximum Gasteiger partial charge on any atom is 0.325 e. The Balaban J connectivity index is 1.53. The van der Waals surface area contributed by atoms with E-state index in [1.165, 1.54) is 5.01 Å². The first-order chi connectivity index (χ1) is 20.6. The molecule has 2 aromatic rings. The maximum atomic E-state index is 13.9. The van der Waals surface area contributed by atoms with Crippen LogP contribution in [0.4, 0.5) is 0 Å². The van der Waals surface area contributed by atoms with Crippen LogP contribution in [-0.4, -0.2) is 71.4 Å². The number of ether oxygens (including phenoxy) is 1. The fourth-order valence-corrected chi connectivity index (χ4v) is 5.93. The van der Waals surface area contributed by atoms with Crippen molar-refractivity contribution in [3.8, 4) is 0 Å². The molecule has 0 unspecified atom stereocenters. The zero-order valence-corrected chi connectivity index (χ0v) is 25.3. The number of benzene rings is 1. The van der Waals surface area contributed by atoms with E-state index >= 15 is 0 Å². The highest BCUT2D eigenvalue weighted by Crippen LogP contribution is 2.33. The number of carbonyl (C=O) groups is 4. The lowest BCUT2D eigenvalue weighted by atomic mass is 9.77. The van der Waals surface area contributed by atoms with E-state index in [0.29, 0.717) is 51.0 Å². The largest absolute Gasteiger partial charge is 0.455 e. The molecule has 0 radical (unpaired) electrons. The number of amides is 3. The molecule has 4 atom stereocenters. The summed E-state index contributed by atoms with van der Waals surface area (Å²) in [7, 11) is 0. The van der Waals surface area contributed by atoms with Gasteiger partial charge in [0.2, 0.25) is 11.8 Å². The van der Waals surface area contributed by atoms with Gasteiger partial charge in [-0.05, 0) is 76.2 Å². The Morgan fingerprint density at radius 2 is 1.77 bits per heavy atom. The molecule has 1 aromatic carbocycles. The SMILES string of the molecule is CC(C)[C@@H]1NC(=O)C2(C=Cc3ccc4ccc(nc4c3)[C@@H](C)OC(=O)[C@@H]3CCCN(N3)C(=O)[C@H](C)NC1=O)CCNCC2. The Labute approximate surface area is 252 Å². The third kappa shape index (κ3) is 6.73. The second-order valence-electron chi connectivity index (χ2n) is 12.2. The van der Waals surface area contributed by atoms with Gasteiger partial charge in [0.05, 0.1) is 16.6 Å². The van der Waals surface area contributed by atoms with Gasteiger partial charge in [0, 0.05) is 11.9 Å². The van der Waals surface area contributed by atoms with Crippen LogP contribution in [0, 0.1) is 11.3 Å². The molecular weight excluding hydrogens is 548 g/mol. The maximum absolute atomic E-state index is 13.9. The number of aromatic nitrogens is 1. The lowest BCUT2D eigenvalue weighted by Gasteiger charge is -2.36. The molecule has 5 rings (SSSR count). The fourth-order valence-electron chi connectivity index (χ4n) is 5.93. The fraction of sp³-hybridized carbons (Fsp3) is 0.531. The van der Waals surface area contributed by atoms with Crippen LogP contribution in [-0.2, 0) is 23.9 Å². The lowest BCUT2D eigenvalue weighted by Crippen LogP contribution is -2.61. The van der Waals surface area contributed by atoms with Crippen LogP contribution in [0.15, 0.2) is 36.4 Å². The van der Waals surface area contributed by atoms with Crippen molar-refractivity contribution in [3.05, 3.63) is 47.7 Å². The van der Waals surface area contributed by atoms with Crippen molar-refractivity contribution in [2.45, 2.75) is 77.6 Å². The molecule has 0 saturated carbocycles. The van der Waals surface area contributed by atoms with Crippen molar-refractivity contribution >= 4 is 40.7 Å². The monoisotopic (exact) mass is 590 g/mol. The van der Waals surface area contributed by atoms with Crippen molar-refractivity contribution in [1.82, 2.24) is 31.4 Å². The number of esters is 1. The Morgan fingerprint density at radius 3 is 2.51 bits per heavy atom. The number of fused-ring (bicyclic) bond motifs is 4. The molecular formula is C32H42N6O5. The van der Waals surface area contributed by atoms with Gasteiger partial charge in [-0.25, -0.2) is 10.4 Å². The van der Waals surface area contributed by atoms with Crippen LogP contribution in [0.5, 0.6) is 0 Å². The standard InChI is InChI=1S/C32H42N6O5/c1-19(2)27-28(39)34-20(3)29(40)38-17-5-6-25(37-38)30(41)43-21(4)24-10-9-23-8-7-22(18-26(23)35-24)11-12-32(31(42)36-27)13-15-33-16-14-32/h7-12,18-21,25,27,33,37H,5-6,13-17H2,1-4H3,(H,34,39)(H,36,42)/t20-,21+,25-,27-/m0/s1. The third-order valence-corrected chi connectivity index (χ3v) is 8.69. The zero-order valence-electron chi connectivity index (χ0n) is 25.3. The van der Waals surface area contributed by atoms with Crippen LogP contribution < -0.4 is 21.4 Å². The van der Waals surface area contributed by atoms with E-state index < -0.39 is 41.5 Å². The summed E-state index contributed by atoms with van der Waals surface area (Å²) in [6.07, 6.45) is 5.55. The Kier molecular flexibility index (Phi) is 9.12. The van der Waals surface area contributed by atoms with E-state index in [2.05, 4.69) is 21.4 Å². The highest BCUT2D eigenvalue weighted by atomic mass is 16.5. The van der Waals surface area contributed by atoms with E-state index in [1.54, 1.807) is 13.8 Å². The molecule has 11 nitrogen and oxygen atoms in total. The summed E-state index contributed by atoms with van der Waals surface area (Å²) < 4.78 is 5.79. The molecule has 4 N–H and O–H groups in total. The molecule has 2 saturated heterocycles. The minimum absolute atomic E-state index is 0.213. The number of hydrogen-bond acceptors (Lipinski definition) is 8. The van der Waals surface area contributed by atoms with Crippen LogP contribution in [0.2, 0.25) is 0 Å². The number of nitrogens with zero attached hydrogens (tertiary/aromatic N) is 2. The number of nitrogens with one attached hydrogen (secondary N) is 4. The molecule has 230 valence electrons. The average molecular weight is 591 g/mol. The molecule has 5 bridgehead atoms. The number of hydrazine groups is 1. The number of hydrogen-bond donors (Lipinski definition) is 4. The molecule has 3 aliphatic heterocycles. The van der Waals surface area contributed by atoms with Gasteiger partial charge in [-0.2, -0.15) is 0 Å².